The molecule has 1 atom stereocenters. The van der Waals surface area contributed by atoms with Crippen LogP contribution in [0.1, 0.15) is 25.3 Å². The summed E-state index contributed by atoms with van der Waals surface area (Å²) in [6.07, 6.45) is 0. The zero-order valence-electron chi connectivity index (χ0n) is 11.7. The van der Waals surface area contributed by atoms with Crippen LogP contribution in [0.15, 0.2) is 24.3 Å². The number of amides is 1. The fourth-order valence-electron chi connectivity index (χ4n) is 2.40. The monoisotopic (exact) mass is 262 g/mol. The highest BCUT2D eigenvalue weighted by molar-refractivity contribution is 5.73. The van der Waals surface area contributed by atoms with Crippen LogP contribution in [0.4, 0.5) is 5.69 Å². The molecule has 104 valence electrons. The zero-order valence-corrected chi connectivity index (χ0v) is 11.7. The van der Waals surface area contributed by atoms with Gasteiger partial charge in [0.25, 0.3) is 0 Å². The second kappa shape index (κ2) is 6.06. The quantitative estimate of drug-likeness (QED) is 0.896. The number of nitrogens with zero attached hydrogens (tertiary/aromatic N) is 2. The summed E-state index contributed by atoms with van der Waals surface area (Å²) in [6, 6.07) is 8.36. The van der Waals surface area contributed by atoms with E-state index in [-0.39, 0.29) is 18.4 Å². The van der Waals surface area contributed by atoms with Gasteiger partial charge in [-0.15, -0.1) is 0 Å². The Morgan fingerprint density at radius 3 is 2.26 bits per heavy atom. The smallest absolute Gasteiger partial charge is 0.219 e. The van der Waals surface area contributed by atoms with Crippen molar-refractivity contribution in [2.24, 2.45) is 0 Å². The Morgan fingerprint density at radius 1 is 1.21 bits per heavy atom. The Hall–Kier alpha value is -1.55. The van der Waals surface area contributed by atoms with Gasteiger partial charge in [0.05, 0.1) is 0 Å². The Labute approximate surface area is 114 Å². The van der Waals surface area contributed by atoms with Gasteiger partial charge in [-0.2, -0.15) is 0 Å². The number of rotatable bonds is 3. The zero-order chi connectivity index (χ0) is 13.8. The Bertz CT molecular complexity index is 422. The van der Waals surface area contributed by atoms with Crippen LogP contribution >= 0.6 is 0 Å². The van der Waals surface area contributed by atoms with Crippen LogP contribution < -0.4 is 4.90 Å². The average Bonchev–Trinajstić information content (AvgIpc) is 2.46. The Kier molecular flexibility index (Phi) is 4.43. The first-order valence-corrected chi connectivity index (χ1v) is 6.83. The Balaban J connectivity index is 1.98. The van der Waals surface area contributed by atoms with Crippen LogP contribution in [0.5, 0.6) is 0 Å². The molecule has 0 saturated carbocycles. The molecule has 1 saturated heterocycles. The van der Waals surface area contributed by atoms with Gasteiger partial charge < -0.3 is 14.9 Å². The molecule has 0 aromatic heterocycles. The van der Waals surface area contributed by atoms with Crippen molar-refractivity contribution in [1.29, 1.82) is 0 Å². The highest BCUT2D eigenvalue weighted by Gasteiger charge is 2.18. The molecule has 2 rings (SSSR count). The number of carbonyl (C=O) groups is 1. The summed E-state index contributed by atoms with van der Waals surface area (Å²) in [4.78, 5) is 15.5. The van der Waals surface area contributed by atoms with Crippen molar-refractivity contribution in [3.05, 3.63) is 29.8 Å². The second-order valence-electron chi connectivity index (χ2n) is 5.17. The van der Waals surface area contributed by atoms with E-state index in [4.69, 9.17) is 5.11 Å². The lowest BCUT2D eigenvalue weighted by Gasteiger charge is -2.35. The van der Waals surface area contributed by atoms with E-state index in [1.54, 1.807) is 6.92 Å². The van der Waals surface area contributed by atoms with Crippen molar-refractivity contribution in [3.8, 4) is 0 Å². The lowest BCUT2D eigenvalue weighted by molar-refractivity contribution is -0.129. The van der Waals surface area contributed by atoms with Gasteiger partial charge in [0.2, 0.25) is 5.91 Å². The van der Waals surface area contributed by atoms with Gasteiger partial charge in [-0.05, 0) is 17.7 Å². The molecule has 0 bridgehead atoms. The lowest BCUT2D eigenvalue weighted by Crippen LogP contribution is -2.48. The van der Waals surface area contributed by atoms with Crippen molar-refractivity contribution in [2.45, 2.75) is 19.8 Å². The first kappa shape index (κ1) is 13.9. The minimum Gasteiger partial charge on any atom is -0.396 e. The van der Waals surface area contributed by atoms with Crippen LogP contribution in [0.3, 0.4) is 0 Å². The van der Waals surface area contributed by atoms with Gasteiger partial charge in [-0.1, -0.05) is 19.1 Å². The largest absolute Gasteiger partial charge is 0.396 e. The number of piperazine rings is 1. The van der Waals surface area contributed by atoms with Crippen LogP contribution in [-0.2, 0) is 4.79 Å². The van der Waals surface area contributed by atoms with Crippen molar-refractivity contribution in [2.75, 3.05) is 37.7 Å². The molecule has 19 heavy (non-hydrogen) atoms. The van der Waals surface area contributed by atoms with Gasteiger partial charge in [0.15, 0.2) is 0 Å². The van der Waals surface area contributed by atoms with Crippen molar-refractivity contribution in [3.63, 3.8) is 0 Å². The predicted octanol–water partition coefficient (Wildman–Crippen LogP) is 1.45. The van der Waals surface area contributed by atoms with E-state index in [1.807, 2.05) is 11.8 Å². The van der Waals surface area contributed by atoms with Crippen molar-refractivity contribution >= 4 is 11.6 Å². The fourth-order valence-corrected chi connectivity index (χ4v) is 2.40. The summed E-state index contributed by atoms with van der Waals surface area (Å²) >= 11 is 0. The standard InChI is InChI=1S/C15H22N2O2/c1-12(11-18)14-3-5-15(6-4-14)17-9-7-16(8-10-17)13(2)19/h3-6,12,18H,7-11H2,1-2H3/t12-/m1/s1. The Morgan fingerprint density at radius 2 is 1.79 bits per heavy atom. The molecule has 1 aliphatic rings. The molecule has 1 aromatic rings. The van der Waals surface area contributed by atoms with Gasteiger partial charge in [-0.3, -0.25) is 4.79 Å². The third kappa shape index (κ3) is 3.26. The maximum Gasteiger partial charge on any atom is 0.219 e. The van der Waals surface area contributed by atoms with E-state index in [0.717, 1.165) is 31.7 Å². The number of aliphatic hydroxyl groups excluding tert-OH is 1. The number of carbonyl (C=O) groups excluding carboxylic acids is 1. The van der Waals surface area contributed by atoms with Gasteiger partial charge in [0.1, 0.15) is 0 Å². The van der Waals surface area contributed by atoms with E-state index in [9.17, 15) is 4.79 Å². The fraction of sp³-hybridized carbons (Fsp3) is 0.533. The highest BCUT2D eigenvalue weighted by Crippen LogP contribution is 2.21. The highest BCUT2D eigenvalue weighted by atomic mass is 16.3. The van der Waals surface area contributed by atoms with Crippen LogP contribution in [-0.4, -0.2) is 48.7 Å². The first-order valence-electron chi connectivity index (χ1n) is 6.83. The average molecular weight is 262 g/mol. The molecular formula is C15H22N2O2. The van der Waals surface area contributed by atoms with Crippen LogP contribution in [0.2, 0.25) is 0 Å². The number of anilines is 1. The van der Waals surface area contributed by atoms with E-state index in [2.05, 4.69) is 29.2 Å². The van der Waals surface area contributed by atoms with Gasteiger partial charge in [0, 0.05) is 51.3 Å². The summed E-state index contributed by atoms with van der Waals surface area (Å²) in [5.74, 6) is 0.343. The topological polar surface area (TPSA) is 43.8 Å². The predicted molar refractivity (Wildman–Crippen MR) is 76.4 cm³/mol. The summed E-state index contributed by atoms with van der Waals surface area (Å²) in [6.45, 7) is 7.18. The number of benzene rings is 1. The lowest BCUT2D eigenvalue weighted by atomic mass is 10.0. The second-order valence-corrected chi connectivity index (χ2v) is 5.17. The van der Waals surface area contributed by atoms with E-state index in [0.29, 0.717) is 0 Å². The van der Waals surface area contributed by atoms with Crippen LogP contribution in [0.25, 0.3) is 0 Å². The minimum absolute atomic E-state index is 0.159. The summed E-state index contributed by atoms with van der Waals surface area (Å²) in [5.41, 5.74) is 2.35. The summed E-state index contributed by atoms with van der Waals surface area (Å²) in [5, 5.41) is 9.14. The van der Waals surface area contributed by atoms with E-state index >= 15 is 0 Å². The van der Waals surface area contributed by atoms with Gasteiger partial charge in [-0.25, -0.2) is 0 Å². The van der Waals surface area contributed by atoms with E-state index in [1.165, 1.54) is 5.69 Å². The maximum atomic E-state index is 11.3. The molecule has 0 unspecified atom stereocenters. The normalized spacial score (nSPS) is 17.4. The van der Waals surface area contributed by atoms with Gasteiger partial charge >= 0.3 is 0 Å². The van der Waals surface area contributed by atoms with Crippen molar-refractivity contribution in [1.82, 2.24) is 4.90 Å². The number of hydrogen-bond acceptors (Lipinski definition) is 3. The molecule has 0 spiro atoms. The summed E-state index contributed by atoms with van der Waals surface area (Å²) < 4.78 is 0. The van der Waals surface area contributed by atoms with Crippen LogP contribution in [0, 0.1) is 0 Å². The van der Waals surface area contributed by atoms with Crippen molar-refractivity contribution < 1.29 is 9.90 Å². The molecule has 1 fully saturated rings. The molecule has 1 amide bonds. The summed E-state index contributed by atoms with van der Waals surface area (Å²) in [7, 11) is 0. The minimum atomic E-state index is 0.159. The molecule has 1 heterocycles. The molecule has 0 aliphatic carbocycles. The molecule has 4 heteroatoms. The number of hydrogen-bond donors (Lipinski definition) is 1. The third-order valence-corrected chi connectivity index (χ3v) is 3.83. The van der Waals surface area contributed by atoms with E-state index < -0.39 is 0 Å². The molecule has 1 aromatic carbocycles. The molecule has 0 radical (unpaired) electrons. The molecule has 1 N–H and O–H groups in total. The molecular weight excluding hydrogens is 240 g/mol. The molecule has 4 nitrogen and oxygen atoms in total. The maximum absolute atomic E-state index is 11.3. The SMILES string of the molecule is CC(=O)N1CCN(c2ccc([C@H](C)CO)cc2)CC1. The molecule has 1 aliphatic heterocycles. The number of aliphatic hydroxyl groups is 1. The first-order chi connectivity index (χ1) is 9.11. The third-order valence-electron chi connectivity index (χ3n) is 3.83.